The van der Waals surface area contributed by atoms with E-state index in [4.69, 9.17) is 15.2 Å². The highest BCUT2D eigenvalue weighted by Crippen LogP contribution is 2.28. The van der Waals surface area contributed by atoms with Gasteiger partial charge in [0.1, 0.15) is 5.75 Å². The summed E-state index contributed by atoms with van der Waals surface area (Å²) in [7, 11) is 1.70. The highest BCUT2D eigenvalue weighted by Gasteiger charge is 2.01. The zero-order valence-electron chi connectivity index (χ0n) is 9.16. The van der Waals surface area contributed by atoms with Gasteiger partial charge in [0, 0.05) is 17.8 Å². The molecule has 3 nitrogen and oxygen atoms in total. The van der Waals surface area contributed by atoms with Crippen LogP contribution in [0.2, 0.25) is 0 Å². The molecule has 15 heavy (non-hydrogen) atoms. The van der Waals surface area contributed by atoms with E-state index in [2.05, 4.69) is 0 Å². The van der Waals surface area contributed by atoms with Gasteiger partial charge in [-0.15, -0.1) is 11.8 Å². The molecular weight excluding hydrogens is 210 g/mol. The van der Waals surface area contributed by atoms with Crippen LogP contribution < -0.4 is 10.5 Å². The van der Waals surface area contributed by atoms with Crippen molar-refractivity contribution >= 4 is 17.4 Å². The van der Waals surface area contributed by atoms with Crippen LogP contribution in [0.25, 0.3) is 0 Å². The number of nitrogens with two attached hydrogens (primary N) is 1. The molecule has 0 unspecified atom stereocenters. The Morgan fingerprint density at radius 2 is 2.20 bits per heavy atom. The number of thioether (sulfide) groups is 1. The van der Waals surface area contributed by atoms with Gasteiger partial charge >= 0.3 is 0 Å². The van der Waals surface area contributed by atoms with Crippen molar-refractivity contribution < 1.29 is 9.47 Å². The molecule has 84 valence electrons. The minimum Gasteiger partial charge on any atom is -0.492 e. The van der Waals surface area contributed by atoms with Crippen LogP contribution in [0.3, 0.4) is 0 Å². The van der Waals surface area contributed by atoms with Crippen molar-refractivity contribution in [2.75, 3.05) is 31.8 Å². The molecular formula is C11H17NO2S. The van der Waals surface area contributed by atoms with Crippen molar-refractivity contribution in [3.8, 4) is 5.75 Å². The Morgan fingerprint density at radius 3 is 2.87 bits per heavy atom. The molecule has 1 aromatic carbocycles. The number of hydrogen-bond donors (Lipinski definition) is 1. The van der Waals surface area contributed by atoms with Gasteiger partial charge in [0.05, 0.1) is 18.9 Å². The van der Waals surface area contributed by atoms with Crippen LogP contribution in [0.5, 0.6) is 5.75 Å². The predicted molar refractivity (Wildman–Crippen MR) is 64.6 cm³/mol. The molecule has 0 aliphatic rings. The molecule has 0 aromatic heterocycles. The summed E-state index contributed by atoms with van der Waals surface area (Å²) in [5.74, 6) is 1.70. The van der Waals surface area contributed by atoms with Gasteiger partial charge in [-0.2, -0.15) is 0 Å². The Balaban J connectivity index is 2.61. The molecule has 0 fully saturated rings. The average molecular weight is 227 g/mol. The summed E-state index contributed by atoms with van der Waals surface area (Å²) >= 11 is 1.73. The molecule has 0 saturated carbocycles. The van der Waals surface area contributed by atoms with Crippen molar-refractivity contribution in [3.63, 3.8) is 0 Å². The first-order valence-electron chi connectivity index (χ1n) is 4.92. The van der Waals surface area contributed by atoms with Gasteiger partial charge in [-0.05, 0) is 25.1 Å². The summed E-state index contributed by atoms with van der Waals surface area (Å²) in [5.41, 5.74) is 6.46. The molecule has 2 N–H and O–H groups in total. The van der Waals surface area contributed by atoms with E-state index in [1.54, 1.807) is 18.9 Å². The Hall–Kier alpha value is -0.870. The maximum absolute atomic E-state index is 5.77. The first-order chi connectivity index (χ1) is 7.27. The smallest absolute Gasteiger partial charge is 0.143 e. The lowest BCUT2D eigenvalue weighted by atomic mass is 10.3. The number of methoxy groups -OCH3 is 1. The summed E-state index contributed by atoms with van der Waals surface area (Å²) in [6, 6.07) is 5.84. The summed E-state index contributed by atoms with van der Waals surface area (Å²) < 4.78 is 10.4. The van der Waals surface area contributed by atoms with Crippen molar-refractivity contribution in [3.05, 3.63) is 18.2 Å². The largest absolute Gasteiger partial charge is 0.492 e. The Bertz CT molecular complexity index is 305. The van der Waals surface area contributed by atoms with Crippen LogP contribution in [-0.2, 0) is 4.74 Å². The van der Waals surface area contributed by atoms with Crippen LogP contribution in [-0.4, -0.2) is 26.1 Å². The zero-order chi connectivity index (χ0) is 11.1. The second kappa shape index (κ2) is 6.58. The standard InChI is InChI=1S/C11H17NO2S/c1-3-14-11-8-9(4-5-10(11)12)15-7-6-13-2/h4-5,8H,3,6-7,12H2,1-2H3. The van der Waals surface area contributed by atoms with Gasteiger partial charge in [0.25, 0.3) is 0 Å². The fourth-order valence-corrected chi connectivity index (χ4v) is 1.97. The van der Waals surface area contributed by atoms with E-state index < -0.39 is 0 Å². The molecule has 0 bridgehead atoms. The Labute approximate surface area is 94.9 Å². The molecule has 0 saturated heterocycles. The van der Waals surface area contributed by atoms with E-state index in [1.165, 1.54) is 0 Å². The molecule has 0 atom stereocenters. The van der Waals surface area contributed by atoms with Crippen LogP contribution in [0.4, 0.5) is 5.69 Å². The number of hydrogen-bond acceptors (Lipinski definition) is 4. The van der Waals surface area contributed by atoms with Crippen LogP contribution in [0, 0.1) is 0 Å². The van der Waals surface area contributed by atoms with Gasteiger partial charge in [-0.1, -0.05) is 0 Å². The second-order valence-corrected chi connectivity index (χ2v) is 4.14. The first-order valence-corrected chi connectivity index (χ1v) is 5.90. The first kappa shape index (κ1) is 12.2. The van der Waals surface area contributed by atoms with Gasteiger partial charge in [0.2, 0.25) is 0 Å². The monoisotopic (exact) mass is 227 g/mol. The molecule has 0 radical (unpaired) electrons. The van der Waals surface area contributed by atoms with E-state index in [0.29, 0.717) is 12.3 Å². The molecule has 1 aromatic rings. The number of nitrogen functional groups attached to an aromatic ring is 1. The topological polar surface area (TPSA) is 44.5 Å². The summed E-state index contributed by atoms with van der Waals surface area (Å²) in [6.45, 7) is 3.33. The van der Waals surface area contributed by atoms with Gasteiger partial charge in [-0.3, -0.25) is 0 Å². The van der Waals surface area contributed by atoms with Crippen LogP contribution in [0.15, 0.2) is 23.1 Å². The zero-order valence-corrected chi connectivity index (χ0v) is 9.97. The fourth-order valence-electron chi connectivity index (χ4n) is 1.13. The van der Waals surface area contributed by atoms with Crippen LogP contribution >= 0.6 is 11.8 Å². The lowest BCUT2D eigenvalue weighted by molar-refractivity contribution is 0.218. The highest BCUT2D eigenvalue weighted by atomic mass is 32.2. The van der Waals surface area contributed by atoms with E-state index in [9.17, 15) is 0 Å². The van der Waals surface area contributed by atoms with Crippen molar-refractivity contribution in [1.29, 1.82) is 0 Å². The molecule has 0 spiro atoms. The summed E-state index contributed by atoms with van der Waals surface area (Å²) in [5, 5.41) is 0. The minimum atomic E-state index is 0.635. The van der Waals surface area contributed by atoms with Crippen LogP contribution in [0.1, 0.15) is 6.92 Å². The predicted octanol–water partition coefficient (Wildman–Crippen LogP) is 2.41. The van der Waals surface area contributed by atoms with Crippen molar-refractivity contribution in [2.24, 2.45) is 0 Å². The Morgan fingerprint density at radius 1 is 1.40 bits per heavy atom. The third kappa shape index (κ3) is 4.01. The normalized spacial score (nSPS) is 10.3. The number of benzene rings is 1. The highest BCUT2D eigenvalue weighted by molar-refractivity contribution is 7.99. The number of rotatable bonds is 6. The number of anilines is 1. The minimum absolute atomic E-state index is 0.635. The molecule has 0 heterocycles. The van der Waals surface area contributed by atoms with E-state index in [0.717, 1.165) is 23.0 Å². The fraction of sp³-hybridized carbons (Fsp3) is 0.455. The maximum atomic E-state index is 5.77. The van der Waals surface area contributed by atoms with Crippen molar-refractivity contribution in [1.82, 2.24) is 0 Å². The third-order valence-electron chi connectivity index (χ3n) is 1.84. The molecule has 0 aliphatic carbocycles. The van der Waals surface area contributed by atoms with E-state index in [-0.39, 0.29) is 0 Å². The van der Waals surface area contributed by atoms with Gasteiger partial charge < -0.3 is 15.2 Å². The van der Waals surface area contributed by atoms with Gasteiger partial charge in [-0.25, -0.2) is 0 Å². The number of ether oxygens (including phenoxy) is 2. The average Bonchev–Trinajstić information content (AvgIpc) is 2.23. The van der Waals surface area contributed by atoms with Crippen molar-refractivity contribution in [2.45, 2.75) is 11.8 Å². The third-order valence-corrected chi connectivity index (χ3v) is 2.80. The van der Waals surface area contributed by atoms with E-state index >= 15 is 0 Å². The SMILES string of the molecule is CCOc1cc(SCCOC)ccc1N. The molecule has 1 rings (SSSR count). The lowest BCUT2D eigenvalue weighted by Gasteiger charge is -2.08. The summed E-state index contributed by atoms with van der Waals surface area (Å²) in [6.07, 6.45) is 0. The summed E-state index contributed by atoms with van der Waals surface area (Å²) in [4.78, 5) is 1.16. The lowest BCUT2D eigenvalue weighted by Crippen LogP contribution is -1.97. The molecule has 4 heteroatoms. The van der Waals surface area contributed by atoms with E-state index in [1.807, 2.05) is 25.1 Å². The molecule has 0 aliphatic heterocycles. The van der Waals surface area contributed by atoms with Gasteiger partial charge in [0.15, 0.2) is 0 Å². The second-order valence-electron chi connectivity index (χ2n) is 2.97. The Kier molecular flexibility index (Phi) is 5.36. The quantitative estimate of drug-likeness (QED) is 0.460. The maximum Gasteiger partial charge on any atom is 0.143 e. The molecule has 0 amide bonds.